The van der Waals surface area contributed by atoms with E-state index >= 15 is 0 Å². The highest BCUT2D eigenvalue weighted by atomic mass is 19.1. The van der Waals surface area contributed by atoms with Gasteiger partial charge in [0.05, 0.1) is 24.3 Å². The van der Waals surface area contributed by atoms with E-state index in [-0.39, 0.29) is 16.9 Å². The lowest BCUT2D eigenvalue weighted by atomic mass is 9.95. The topological polar surface area (TPSA) is 83.0 Å². The molecule has 33 heavy (non-hydrogen) atoms. The third-order valence-electron chi connectivity index (χ3n) is 5.53. The Labute approximate surface area is 190 Å². The lowest BCUT2D eigenvalue weighted by Crippen LogP contribution is -2.29. The molecule has 0 aliphatic carbocycles. The van der Waals surface area contributed by atoms with Crippen molar-refractivity contribution in [1.82, 2.24) is 4.98 Å². The molecule has 1 atom stereocenters. The summed E-state index contributed by atoms with van der Waals surface area (Å²) in [5.74, 6) is -2.64. The number of aliphatic hydroxyl groups is 1. The molecule has 7 nitrogen and oxygen atoms in total. The van der Waals surface area contributed by atoms with Gasteiger partial charge in [-0.25, -0.2) is 4.39 Å². The Kier molecular flexibility index (Phi) is 5.83. The molecule has 0 radical (unpaired) electrons. The molecule has 1 unspecified atom stereocenters. The minimum absolute atomic E-state index is 0.0162. The number of carbonyl (C=O) groups is 2. The molecule has 2 aromatic carbocycles. The predicted octanol–water partition coefficient (Wildman–Crippen LogP) is 3.92. The lowest BCUT2D eigenvalue weighted by Gasteiger charge is -2.26. The summed E-state index contributed by atoms with van der Waals surface area (Å²) in [5, 5.41) is 11.2. The molecule has 1 saturated heterocycles. The largest absolute Gasteiger partial charge is 0.507 e. The molecule has 0 spiro atoms. The number of ether oxygens (including phenoxy) is 1. The molecule has 1 aliphatic heterocycles. The molecule has 0 saturated carbocycles. The molecule has 168 valence electrons. The molecular formula is C25H22FN3O4. The first-order valence-electron chi connectivity index (χ1n) is 10.2. The van der Waals surface area contributed by atoms with Crippen molar-refractivity contribution in [2.24, 2.45) is 0 Å². The van der Waals surface area contributed by atoms with Crippen LogP contribution in [0.1, 0.15) is 17.2 Å². The molecule has 1 fully saturated rings. The quantitative estimate of drug-likeness (QED) is 0.363. The maximum atomic E-state index is 14.0. The van der Waals surface area contributed by atoms with Crippen molar-refractivity contribution in [3.8, 4) is 5.75 Å². The van der Waals surface area contributed by atoms with Gasteiger partial charge in [-0.05, 0) is 60.2 Å². The molecule has 2 heterocycles. The average molecular weight is 447 g/mol. The Morgan fingerprint density at radius 3 is 2.33 bits per heavy atom. The highest BCUT2D eigenvalue weighted by molar-refractivity contribution is 6.51. The number of pyridine rings is 1. The van der Waals surface area contributed by atoms with Crippen LogP contribution in [-0.4, -0.2) is 43.0 Å². The average Bonchev–Trinajstić information content (AvgIpc) is 3.09. The number of ketones is 1. The van der Waals surface area contributed by atoms with Crippen molar-refractivity contribution >= 4 is 28.8 Å². The SMILES string of the molecule is COc1ccc(F)cc1/C(O)=C1\C(=O)C(=O)N(c2ccc(N(C)C)cc2)C1c1ccncc1. The fourth-order valence-corrected chi connectivity index (χ4v) is 3.88. The molecule has 8 heteroatoms. The number of hydrogen-bond donors (Lipinski definition) is 1. The minimum atomic E-state index is -0.939. The first-order valence-corrected chi connectivity index (χ1v) is 10.2. The second-order valence-corrected chi connectivity index (χ2v) is 7.71. The van der Waals surface area contributed by atoms with Gasteiger partial charge < -0.3 is 14.7 Å². The number of anilines is 2. The second kappa shape index (κ2) is 8.74. The Morgan fingerprint density at radius 1 is 1.06 bits per heavy atom. The van der Waals surface area contributed by atoms with E-state index in [1.54, 1.807) is 24.3 Å². The van der Waals surface area contributed by atoms with E-state index in [0.717, 1.165) is 11.8 Å². The van der Waals surface area contributed by atoms with Crippen LogP contribution in [0.5, 0.6) is 5.75 Å². The van der Waals surface area contributed by atoms with Crippen LogP contribution in [0.4, 0.5) is 15.8 Å². The van der Waals surface area contributed by atoms with E-state index in [1.807, 2.05) is 31.1 Å². The van der Waals surface area contributed by atoms with Crippen molar-refractivity contribution in [1.29, 1.82) is 0 Å². The van der Waals surface area contributed by atoms with E-state index in [2.05, 4.69) is 4.98 Å². The molecule has 1 aliphatic rings. The van der Waals surface area contributed by atoms with Gasteiger partial charge in [-0.15, -0.1) is 0 Å². The van der Waals surface area contributed by atoms with Gasteiger partial charge in [0.1, 0.15) is 17.3 Å². The first-order chi connectivity index (χ1) is 15.8. The molecule has 1 N–H and O–H groups in total. The molecule has 1 aromatic heterocycles. The van der Waals surface area contributed by atoms with E-state index < -0.39 is 29.3 Å². The fourth-order valence-electron chi connectivity index (χ4n) is 3.88. The zero-order valence-electron chi connectivity index (χ0n) is 18.3. The van der Waals surface area contributed by atoms with Crippen LogP contribution in [0.2, 0.25) is 0 Å². The van der Waals surface area contributed by atoms with E-state index in [4.69, 9.17) is 4.74 Å². The fraction of sp³-hybridized carbons (Fsp3) is 0.160. The van der Waals surface area contributed by atoms with Gasteiger partial charge in [-0.1, -0.05) is 0 Å². The maximum absolute atomic E-state index is 14.0. The summed E-state index contributed by atoms with van der Waals surface area (Å²) in [6, 6.07) is 13.1. The molecule has 1 amide bonds. The number of benzene rings is 2. The molecule has 0 bridgehead atoms. The van der Waals surface area contributed by atoms with Crippen LogP contribution in [0.15, 0.2) is 72.6 Å². The number of rotatable bonds is 5. The van der Waals surface area contributed by atoms with E-state index in [1.165, 1.54) is 36.5 Å². The normalized spacial score (nSPS) is 17.3. The summed E-state index contributed by atoms with van der Waals surface area (Å²) in [6.45, 7) is 0. The molecule has 3 aromatic rings. The van der Waals surface area contributed by atoms with Gasteiger partial charge in [-0.3, -0.25) is 19.5 Å². The zero-order valence-corrected chi connectivity index (χ0v) is 18.3. The number of carbonyl (C=O) groups excluding carboxylic acids is 2. The van der Waals surface area contributed by atoms with Gasteiger partial charge in [0.2, 0.25) is 0 Å². The number of Topliss-reactive ketones (excluding diaryl/α,β-unsaturated/α-hetero) is 1. The first kappa shape index (κ1) is 22.0. The lowest BCUT2D eigenvalue weighted by molar-refractivity contribution is -0.132. The monoisotopic (exact) mass is 447 g/mol. The third-order valence-corrected chi connectivity index (χ3v) is 5.53. The summed E-state index contributed by atoms with van der Waals surface area (Å²) in [6.07, 6.45) is 3.07. The van der Waals surface area contributed by atoms with Crippen molar-refractivity contribution in [2.75, 3.05) is 31.0 Å². The number of methoxy groups -OCH3 is 1. The number of halogens is 1. The summed E-state index contributed by atoms with van der Waals surface area (Å²) in [5.41, 5.74) is 1.79. The van der Waals surface area contributed by atoms with Crippen LogP contribution in [-0.2, 0) is 9.59 Å². The number of nitrogens with zero attached hydrogens (tertiary/aromatic N) is 3. The van der Waals surface area contributed by atoms with Gasteiger partial charge in [0.25, 0.3) is 11.7 Å². The Balaban J connectivity index is 1.94. The summed E-state index contributed by atoms with van der Waals surface area (Å²) < 4.78 is 19.3. The number of aliphatic hydroxyl groups excluding tert-OH is 1. The van der Waals surface area contributed by atoms with Gasteiger partial charge in [0.15, 0.2) is 0 Å². The van der Waals surface area contributed by atoms with Gasteiger partial charge in [-0.2, -0.15) is 0 Å². The predicted molar refractivity (Wildman–Crippen MR) is 123 cm³/mol. The van der Waals surface area contributed by atoms with Crippen LogP contribution >= 0.6 is 0 Å². The van der Waals surface area contributed by atoms with Crippen molar-refractivity contribution in [3.05, 3.63) is 89.5 Å². The van der Waals surface area contributed by atoms with Crippen molar-refractivity contribution < 1.29 is 23.8 Å². The highest BCUT2D eigenvalue weighted by Crippen LogP contribution is 2.43. The maximum Gasteiger partial charge on any atom is 0.300 e. The standard InChI is InChI=1S/C25H22FN3O4/c1-28(2)17-5-7-18(8-6-17)29-22(15-10-12-27-13-11-15)21(24(31)25(29)32)23(30)19-14-16(26)4-9-20(19)33-3/h4-14,22,30H,1-3H3/b23-21+. The second-order valence-electron chi connectivity index (χ2n) is 7.71. The van der Waals surface area contributed by atoms with Crippen LogP contribution in [0.25, 0.3) is 5.76 Å². The van der Waals surface area contributed by atoms with Crippen LogP contribution in [0.3, 0.4) is 0 Å². The third kappa shape index (κ3) is 3.91. The van der Waals surface area contributed by atoms with Gasteiger partial charge in [0, 0.05) is 37.9 Å². The molecular weight excluding hydrogens is 425 g/mol. The Hall–Kier alpha value is -4.20. The van der Waals surface area contributed by atoms with E-state index in [0.29, 0.717) is 11.3 Å². The van der Waals surface area contributed by atoms with Crippen molar-refractivity contribution in [3.63, 3.8) is 0 Å². The van der Waals surface area contributed by atoms with Gasteiger partial charge >= 0.3 is 0 Å². The number of aromatic nitrogens is 1. The Bertz CT molecular complexity index is 1240. The van der Waals surface area contributed by atoms with Crippen LogP contribution < -0.4 is 14.5 Å². The summed E-state index contributed by atoms with van der Waals surface area (Å²) in [4.78, 5) is 33.6. The summed E-state index contributed by atoms with van der Waals surface area (Å²) in [7, 11) is 5.16. The Morgan fingerprint density at radius 2 is 1.73 bits per heavy atom. The summed E-state index contributed by atoms with van der Waals surface area (Å²) >= 11 is 0. The minimum Gasteiger partial charge on any atom is -0.507 e. The zero-order chi connectivity index (χ0) is 23.7. The van der Waals surface area contributed by atoms with Crippen molar-refractivity contribution in [2.45, 2.75) is 6.04 Å². The van der Waals surface area contributed by atoms with E-state index in [9.17, 15) is 19.1 Å². The highest BCUT2D eigenvalue weighted by Gasteiger charge is 2.47. The smallest absolute Gasteiger partial charge is 0.300 e. The van der Waals surface area contributed by atoms with Crippen LogP contribution in [0, 0.1) is 5.82 Å². The molecule has 4 rings (SSSR count). The number of hydrogen-bond acceptors (Lipinski definition) is 6. The number of amides is 1.